The summed E-state index contributed by atoms with van der Waals surface area (Å²) in [5, 5.41) is 6.85. The zero-order valence-electron chi connectivity index (χ0n) is 22.4. The lowest BCUT2D eigenvalue weighted by atomic mass is 9.93. The Morgan fingerprint density at radius 3 is 2.67 bits per heavy atom. The largest absolute Gasteiger partial charge is 0.494 e. The highest BCUT2D eigenvalue weighted by Crippen LogP contribution is 2.44. The fourth-order valence-corrected chi connectivity index (χ4v) is 5.88. The molecule has 0 spiro atoms. The molecule has 206 valence electrons. The van der Waals surface area contributed by atoms with Crippen molar-refractivity contribution in [1.29, 1.82) is 0 Å². The van der Waals surface area contributed by atoms with Crippen molar-refractivity contribution in [2.45, 2.75) is 24.9 Å². The molecule has 0 aliphatic carbocycles. The van der Waals surface area contributed by atoms with Gasteiger partial charge >= 0.3 is 0 Å². The molecule has 10 nitrogen and oxygen atoms in total. The van der Waals surface area contributed by atoms with Crippen molar-refractivity contribution in [3.05, 3.63) is 47.6 Å². The maximum Gasteiger partial charge on any atom is 0.229 e. The molecule has 0 unspecified atom stereocenters. The van der Waals surface area contributed by atoms with Crippen molar-refractivity contribution in [2.75, 3.05) is 74.8 Å². The van der Waals surface area contributed by atoms with E-state index in [0.29, 0.717) is 46.9 Å². The highest BCUT2D eigenvalue weighted by atomic mass is 35.5. The molecule has 2 fully saturated rings. The summed E-state index contributed by atoms with van der Waals surface area (Å²) >= 11 is 6.37. The summed E-state index contributed by atoms with van der Waals surface area (Å²) in [6, 6.07) is 12.4. The predicted octanol–water partition coefficient (Wildman–Crippen LogP) is 4.19. The molecule has 6 rings (SSSR count). The molecule has 1 aromatic heterocycles. The summed E-state index contributed by atoms with van der Waals surface area (Å²) in [5.41, 5.74) is 9.18. The third-order valence-electron chi connectivity index (χ3n) is 7.97. The van der Waals surface area contributed by atoms with Gasteiger partial charge in [0, 0.05) is 50.9 Å². The van der Waals surface area contributed by atoms with Crippen LogP contribution in [0.3, 0.4) is 0 Å². The second-order valence-electron chi connectivity index (χ2n) is 10.4. The SMILES string of the molecule is COc1cc2c(cc1Nc1ncc(Cl)c(Nc3ccccc3N)n1)OC[C@H]1C[C@@H](N3CCN(C)CC3)CCN21. The number of hydrogen-bond donors (Lipinski definition) is 3. The molecule has 0 radical (unpaired) electrons. The van der Waals surface area contributed by atoms with E-state index in [0.717, 1.165) is 68.4 Å². The Morgan fingerprint density at radius 2 is 1.87 bits per heavy atom. The summed E-state index contributed by atoms with van der Waals surface area (Å²) in [6.45, 7) is 6.27. The van der Waals surface area contributed by atoms with Gasteiger partial charge < -0.3 is 35.6 Å². The van der Waals surface area contributed by atoms with Crippen LogP contribution < -0.4 is 30.7 Å². The van der Waals surface area contributed by atoms with Gasteiger partial charge in [-0.1, -0.05) is 23.7 Å². The van der Waals surface area contributed by atoms with Crippen molar-refractivity contribution in [3.8, 4) is 11.5 Å². The minimum Gasteiger partial charge on any atom is -0.494 e. The zero-order valence-corrected chi connectivity index (χ0v) is 23.1. The van der Waals surface area contributed by atoms with Crippen LogP contribution in [0.1, 0.15) is 12.8 Å². The van der Waals surface area contributed by atoms with E-state index in [2.05, 4.69) is 48.4 Å². The molecule has 3 aliphatic rings. The number of rotatable bonds is 6. The minimum atomic E-state index is 0.359. The van der Waals surface area contributed by atoms with Crippen LogP contribution in [0.4, 0.5) is 34.5 Å². The molecule has 0 saturated carbocycles. The second kappa shape index (κ2) is 11.0. The van der Waals surface area contributed by atoms with Crippen molar-refractivity contribution in [3.63, 3.8) is 0 Å². The number of nitrogens with zero attached hydrogens (tertiary/aromatic N) is 5. The molecule has 0 bridgehead atoms. The number of para-hydroxylation sites is 2. The van der Waals surface area contributed by atoms with Gasteiger partial charge in [0.25, 0.3) is 0 Å². The van der Waals surface area contributed by atoms with Gasteiger partial charge in [-0.25, -0.2) is 4.98 Å². The number of methoxy groups -OCH3 is 1. The molecule has 4 heterocycles. The van der Waals surface area contributed by atoms with E-state index in [1.165, 1.54) is 0 Å². The average Bonchev–Trinajstić information content (AvgIpc) is 2.95. The summed E-state index contributed by atoms with van der Waals surface area (Å²) in [6.07, 6.45) is 3.82. The monoisotopic (exact) mass is 550 g/mol. The number of anilines is 6. The molecule has 0 amide bonds. The van der Waals surface area contributed by atoms with Gasteiger partial charge in [-0.05, 0) is 32.0 Å². The lowest BCUT2D eigenvalue weighted by molar-refractivity contribution is 0.0822. The molecule has 11 heteroatoms. The highest BCUT2D eigenvalue weighted by molar-refractivity contribution is 6.33. The smallest absolute Gasteiger partial charge is 0.229 e. The number of piperidine rings is 1. The summed E-state index contributed by atoms with van der Waals surface area (Å²) in [4.78, 5) is 16.5. The Morgan fingerprint density at radius 1 is 1.05 bits per heavy atom. The van der Waals surface area contributed by atoms with Crippen LogP contribution in [0.25, 0.3) is 0 Å². The third kappa shape index (κ3) is 5.36. The number of fused-ring (bicyclic) bond motifs is 3. The van der Waals surface area contributed by atoms with Gasteiger partial charge in [-0.2, -0.15) is 4.98 Å². The molecular weight excluding hydrogens is 516 g/mol. The zero-order chi connectivity index (χ0) is 26.9. The number of aromatic nitrogens is 2. The Balaban J connectivity index is 1.19. The van der Waals surface area contributed by atoms with Gasteiger partial charge in [-0.3, -0.25) is 4.90 Å². The topological polar surface area (TPSA) is 104 Å². The van der Waals surface area contributed by atoms with Crippen LogP contribution in [0.15, 0.2) is 42.6 Å². The second-order valence-corrected chi connectivity index (χ2v) is 10.8. The molecule has 4 N–H and O–H groups in total. The van der Waals surface area contributed by atoms with Crippen LogP contribution in [-0.4, -0.2) is 85.3 Å². The quantitative estimate of drug-likeness (QED) is 0.387. The average molecular weight is 551 g/mol. The number of nitrogen functional groups attached to an aromatic ring is 1. The van der Waals surface area contributed by atoms with E-state index in [4.69, 9.17) is 26.8 Å². The van der Waals surface area contributed by atoms with Crippen molar-refractivity contribution in [2.24, 2.45) is 0 Å². The lowest BCUT2D eigenvalue weighted by Crippen LogP contribution is -2.57. The summed E-state index contributed by atoms with van der Waals surface area (Å²) in [5.74, 6) is 2.35. The maximum absolute atomic E-state index is 6.37. The van der Waals surface area contributed by atoms with Crippen LogP contribution in [-0.2, 0) is 0 Å². The van der Waals surface area contributed by atoms with Crippen LogP contribution >= 0.6 is 11.6 Å². The summed E-state index contributed by atoms with van der Waals surface area (Å²) in [7, 11) is 3.87. The van der Waals surface area contributed by atoms with Crippen LogP contribution in [0.5, 0.6) is 11.5 Å². The van der Waals surface area contributed by atoms with E-state index >= 15 is 0 Å². The fourth-order valence-electron chi connectivity index (χ4n) is 5.74. The van der Waals surface area contributed by atoms with E-state index < -0.39 is 0 Å². The van der Waals surface area contributed by atoms with Gasteiger partial charge in [-0.15, -0.1) is 0 Å². The van der Waals surface area contributed by atoms with E-state index in [1.54, 1.807) is 13.3 Å². The molecule has 39 heavy (non-hydrogen) atoms. The van der Waals surface area contributed by atoms with E-state index in [1.807, 2.05) is 30.3 Å². The normalized spacial score (nSPS) is 21.5. The maximum atomic E-state index is 6.37. The first-order valence-electron chi connectivity index (χ1n) is 13.4. The third-order valence-corrected chi connectivity index (χ3v) is 8.25. The molecule has 3 aliphatic heterocycles. The van der Waals surface area contributed by atoms with Gasteiger partial charge in [0.2, 0.25) is 5.95 Å². The number of nitrogens with one attached hydrogen (secondary N) is 2. The predicted molar refractivity (Wildman–Crippen MR) is 156 cm³/mol. The highest BCUT2D eigenvalue weighted by Gasteiger charge is 2.37. The van der Waals surface area contributed by atoms with Crippen molar-refractivity contribution in [1.82, 2.24) is 19.8 Å². The van der Waals surface area contributed by atoms with E-state index in [9.17, 15) is 0 Å². The molecule has 3 aromatic rings. The van der Waals surface area contributed by atoms with Crippen molar-refractivity contribution < 1.29 is 9.47 Å². The fraction of sp³-hybridized carbons (Fsp3) is 0.429. The number of benzene rings is 2. The van der Waals surface area contributed by atoms with Gasteiger partial charge in [0.1, 0.15) is 23.1 Å². The Hall–Kier alpha value is -3.47. The van der Waals surface area contributed by atoms with Gasteiger partial charge in [0.05, 0.1) is 42.1 Å². The number of piperazine rings is 1. The molecule has 2 aromatic carbocycles. The Bertz CT molecular complexity index is 1330. The van der Waals surface area contributed by atoms with Crippen LogP contribution in [0, 0.1) is 0 Å². The standard InChI is InChI=1S/C28H35ClN8O2/c1-35-9-11-36(12-10-35)18-7-8-37-19(13-18)17-39-26-14-23(25(38-2)15-24(26)37)33-28-31-16-20(29)27(34-28)32-22-6-4-3-5-21(22)30/h3-6,14-16,18-19H,7-13,17,30H2,1-2H3,(H2,31,32,33,34)/t18-,19+/m0/s1. The number of ether oxygens (including phenoxy) is 2. The Kier molecular flexibility index (Phi) is 7.24. The number of likely N-dealkylation sites (N-methyl/N-ethyl adjacent to an activating group) is 1. The minimum absolute atomic E-state index is 0.359. The first-order chi connectivity index (χ1) is 19.0. The first kappa shape index (κ1) is 25.8. The number of hydrogen-bond acceptors (Lipinski definition) is 10. The van der Waals surface area contributed by atoms with Crippen molar-refractivity contribution >= 4 is 46.1 Å². The Labute approximate surface area is 234 Å². The summed E-state index contributed by atoms with van der Waals surface area (Å²) < 4.78 is 12.1. The number of halogens is 1. The number of nitrogens with two attached hydrogens (primary N) is 1. The lowest BCUT2D eigenvalue weighted by Gasteiger charge is -2.48. The molecule has 2 atom stereocenters. The first-order valence-corrected chi connectivity index (χ1v) is 13.8. The van der Waals surface area contributed by atoms with Gasteiger partial charge in [0.15, 0.2) is 5.82 Å². The molecular formula is C28H35ClN8O2. The molecule has 2 saturated heterocycles. The van der Waals surface area contributed by atoms with Crippen LogP contribution in [0.2, 0.25) is 5.02 Å². The van der Waals surface area contributed by atoms with E-state index in [-0.39, 0.29) is 0 Å².